The van der Waals surface area contributed by atoms with E-state index in [4.69, 9.17) is 0 Å². The number of ether oxygens (including phenoxy) is 2. The van der Waals surface area contributed by atoms with Gasteiger partial charge in [0.1, 0.15) is 0 Å². The number of amides is 1. The van der Waals surface area contributed by atoms with Gasteiger partial charge in [0.25, 0.3) is 0 Å². The van der Waals surface area contributed by atoms with Crippen molar-refractivity contribution in [3.8, 4) is 0 Å². The maximum Gasteiger partial charge on any atom is 0.337 e. The van der Waals surface area contributed by atoms with Crippen LogP contribution in [0.25, 0.3) is 0 Å². The minimum absolute atomic E-state index is 0.159. The smallest absolute Gasteiger partial charge is 0.337 e. The number of carbonyl (C=O) groups is 3. The van der Waals surface area contributed by atoms with Gasteiger partial charge in [-0.3, -0.25) is 4.79 Å². The highest BCUT2D eigenvalue weighted by Crippen LogP contribution is 2.18. The van der Waals surface area contributed by atoms with Crippen molar-refractivity contribution in [2.75, 3.05) is 19.5 Å². The van der Waals surface area contributed by atoms with E-state index in [-0.39, 0.29) is 23.0 Å². The summed E-state index contributed by atoms with van der Waals surface area (Å²) in [5.41, 5.74) is 0.698. The van der Waals surface area contributed by atoms with Crippen molar-refractivity contribution in [1.82, 2.24) is 0 Å². The van der Waals surface area contributed by atoms with E-state index in [1.807, 2.05) is 13.8 Å². The molecular weight excluding hydrogens is 286 g/mol. The van der Waals surface area contributed by atoms with Crippen LogP contribution < -0.4 is 5.32 Å². The number of methoxy groups -OCH3 is 2. The number of hydrogen-bond acceptors (Lipinski definition) is 5. The van der Waals surface area contributed by atoms with E-state index in [0.29, 0.717) is 5.69 Å². The van der Waals surface area contributed by atoms with Crippen LogP contribution in [0.3, 0.4) is 0 Å². The van der Waals surface area contributed by atoms with Gasteiger partial charge < -0.3 is 14.8 Å². The lowest BCUT2D eigenvalue weighted by molar-refractivity contribution is -0.119. The standard InChI is InChI=1S/C16H21NO5/c1-5-6-10(2)14(18)17-13-8-11(15(19)21-3)7-12(9-13)16(20)22-4/h7-10H,5-6H2,1-4H3,(H,17,18)/t10-/m1/s1. The van der Waals surface area contributed by atoms with Crippen LogP contribution in [0.1, 0.15) is 47.4 Å². The molecule has 120 valence electrons. The molecule has 0 spiro atoms. The molecule has 0 aliphatic heterocycles. The fourth-order valence-electron chi connectivity index (χ4n) is 2.00. The molecular formula is C16H21NO5. The molecule has 0 aliphatic carbocycles. The molecule has 1 atom stereocenters. The zero-order valence-electron chi connectivity index (χ0n) is 13.3. The first-order valence-electron chi connectivity index (χ1n) is 7.05. The van der Waals surface area contributed by atoms with E-state index in [2.05, 4.69) is 14.8 Å². The highest BCUT2D eigenvalue weighted by Gasteiger charge is 2.17. The minimum Gasteiger partial charge on any atom is -0.465 e. The summed E-state index contributed by atoms with van der Waals surface area (Å²) < 4.78 is 9.29. The van der Waals surface area contributed by atoms with Crippen LogP contribution in [0.2, 0.25) is 0 Å². The van der Waals surface area contributed by atoms with Crippen LogP contribution in [0.4, 0.5) is 5.69 Å². The Morgan fingerprint density at radius 2 is 1.55 bits per heavy atom. The molecule has 0 fully saturated rings. The minimum atomic E-state index is -0.595. The summed E-state index contributed by atoms with van der Waals surface area (Å²) in [4.78, 5) is 35.4. The van der Waals surface area contributed by atoms with Gasteiger partial charge in [-0.1, -0.05) is 20.3 Å². The molecule has 0 aromatic heterocycles. The number of esters is 2. The van der Waals surface area contributed by atoms with Gasteiger partial charge in [-0.2, -0.15) is 0 Å². The summed E-state index contributed by atoms with van der Waals surface area (Å²) >= 11 is 0. The lowest BCUT2D eigenvalue weighted by atomic mass is 10.0. The first-order valence-corrected chi connectivity index (χ1v) is 7.05. The van der Waals surface area contributed by atoms with Gasteiger partial charge in [-0.25, -0.2) is 9.59 Å². The molecule has 0 heterocycles. The van der Waals surface area contributed by atoms with Crippen molar-refractivity contribution >= 4 is 23.5 Å². The zero-order valence-corrected chi connectivity index (χ0v) is 13.3. The van der Waals surface area contributed by atoms with Gasteiger partial charge in [-0.05, 0) is 24.6 Å². The molecule has 1 amide bonds. The van der Waals surface area contributed by atoms with E-state index >= 15 is 0 Å². The molecule has 0 bridgehead atoms. The van der Waals surface area contributed by atoms with E-state index < -0.39 is 11.9 Å². The lowest BCUT2D eigenvalue weighted by Gasteiger charge is -2.13. The fourth-order valence-corrected chi connectivity index (χ4v) is 2.00. The quantitative estimate of drug-likeness (QED) is 0.817. The summed E-state index contributed by atoms with van der Waals surface area (Å²) in [7, 11) is 2.49. The van der Waals surface area contributed by atoms with Crippen LogP contribution in [-0.2, 0) is 14.3 Å². The van der Waals surface area contributed by atoms with Crippen molar-refractivity contribution in [3.05, 3.63) is 29.3 Å². The number of rotatable bonds is 6. The van der Waals surface area contributed by atoms with Gasteiger partial charge in [0, 0.05) is 11.6 Å². The van der Waals surface area contributed by atoms with Gasteiger partial charge in [0.15, 0.2) is 0 Å². The first-order chi connectivity index (χ1) is 10.4. The Morgan fingerprint density at radius 3 is 1.95 bits per heavy atom. The Hall–Kier alpha value is -2.37. The van der Waals surface area contributed by atoms with Crippen molar-refractivity contribution < 1.29 is 23.9 Å². The topological polar surface area (TPSA) is 81.7 Å². The Labute approximate surface area is 129 Å². The molecule has 1 aromatic carbocycles. The third-order valence-corrected chi connectivity index (χ3v) is 3.21. The molecule has 22 heavy (non-hydrogen) atoms. The molecule has 0 aliphatic rings. The Bertz CT molecular complexity index is 533. The van der Waals surface area contributed by atoms with Crippen LogP contribution in [0.5, 0.6) is 0 Å². The van der Waals surface area contributed by atoms with Crippen LogP contribution in [0.15, 0.2) is 18.2 Å². The molecule has 0 unspecified atom stereocenters. The third-order valence-electron chi connectivity index (χ3n) is 3.21. The number of anilines is 1. The second-order valence-electron chi connectivity index (χ2n) is 4.96. The van der Waals surface area contributed by atoms with Gasteiger partial charge >= 0.3 is 11.9 Å². The van der Waals surface area contributed by atoms with E-state index in [9.17, 15) is 14.4 Å². The van der Waals surface area contributed by atoms with Crippen molar-refractivity contribution in [2.24, 2.45) is 5.92 Å². The predicted molar refractivity (Wildman–Crippen MR) is 81.8 cm³/mol. The second kappa shape index (κ2) is 8.17. The Kier molecular flexibility index (Phi) is 6.56. The number of carbonyl (C=O) groups excluding carboxylic acids is 3. The number of benzene rings is 1. The molecule has 6 nitrogen and oxygen atoms in total. The molecule has 1 rings (SSSR count). The average molecular weight is 307 g/mol. The van der Waals surface area contributed by atoms with Crippen LogP contribution >= 0.6 is 0 Å². The molecule has 6 heteroatoms. The maximum absolute atomic E-state index is 12.1. The number of hydrogen-bond donors (Lipinski definition) is 1. The van der Waals surface area contributed by atoms with E-state index in [1.165, 1.54) is 32.4 Å². The fraction of sp³-hybridized carbons (Fsp3) is 0.438. The molecule has 0 saturated heterocycles. The van der Waals surface area contributed by atoms with Gasteiger partial charge in [-0.15, -0.1) is 0 Å². The van der Waals surface area contributed by atoms with E-state index in [1.54, 1.807) is 0 Å². The summed E-state index contributed by atoms with van der Waals surface area (Å²) in [6.07, 6.45) is 1.65. The maximum atomic E-state index is 12.1. The molecule has 1 N–H and O–H groups in total. The second-order valence-corrected chi connectivity index (χ2v) is 4.96. The van der Waals surface area contributed by atoms with Crippen molar-refractivity contribution in [3.63, 3.8) is 0 Å². The SMILES string of the molecule is CCC[C@@H](C)C(=O)Nc1cc(C(=O)OC)cc(C(=O)OC)c1. The summed E-state index contributed by atoms with van der Waals surface area (Å²) in [6.45, 7) is 3.82. The van der Waals surface area contributed by atoms with Crippen molar-refractivity contribution in [1.29, 1.82) is 0 Å². The highest BCUT2D eigenvalue weighted by atomic mass is 16.5. The van der Waals surface area contributed by atoms with Gasteiger partial charge in [0.05, 0.1) is 25.3 Å². The molecule has 0 radical (unpaired) electrons. The van der Waals surface area contributed by atoms with Crippen LogP contribution in [-0.4, -0.2) is 32.1 Å². The van der Waals surface area contributed by atoms with Crippen molar-refractivity contribution in [2.45, 2.75) is 26.7 Å². The lowest BCUT2D eigenvalue weighted by Crippen LogP contribution is -2.21. The summed E-state index contributed by atoms with van der Waals surface area (Å²) in [6, 6.07) is 4.30. The predicted octanol–water partition coefficient (Wildman–Crippen LogP) is 2.63. The summed E-state index contributed by atoms with van der Waals surface area (Å²) in [5.74, 6) is -1.52. The highest BCUT2D eigenvalue weighted by molar-refractivity contribution is 5.99. The average Bonchev–Trinajstić information content (AvgIpc) is 2.52. The Morgan fingerprint density at radius 1 is 1.05 bits per heavy atom. The number of nitrogens with one attached hydrogen (secondary N) is 1. The van der Waals surface area contributed by atoms with E-state index in [0.717, 1.165) is 12.8 Å². The zero-order chi connectivity index (χ0) is 16.7. The van der Waals surface area contributed by atoms with Gasteiger partial charge in [0.2, 0.25) is 5.91 Å². The molecule has 1 aromatic rings. The third kappa shape index (κ3) is 4.58. The van der Waals surface area contributed by atoms with Crippen LogP contribution in [0, 0.1) is 5.92 Å². The molecule has 0 saturated carbocycles. The largest absolute Gasteiger partial charge is 0.465 e. The first kappa shape index (κ1) is 17.7. The normalized spacial score (nSPS) is 11.5. The monoisotopic (exact) mass is 307 g/mol. The Balaban J connectivity index is 3.10. The summed E-state index contributed by atoms with van der Waals surface area (Å²) in [5, 5.41) is 2.71.